The van der Waals surface area contributed by atoms with Crippen LogP contribution in [0.5, 0.6) is 5.75 Å². The van der Waals surface area contributed by atoms with Crippen molar-refractivity contribution in [1.82, 2.24) is 0 Å². The van der Waals surface area contributed by atoms with Crippen molar-refractivity contribution in [3.8, 4) is 5.75 Å². The zero-order valence-electron chi connectivity index (χ0n) is 18.9. The molecule has 0 saturated heterocycles. The number of hydrogen-bond donors (Lipinski definition) is 1. The number of anilines is 1. The third kappa shape index (κ3) is 5.44. The molecule has 0 aliphatic heterocycles. The van der Waals surface area contributed by atoms with Crippen molar-refractivity contribution in [1.29, 1.82) is 0 Å². The van der Waals surface area contributed by atoms with E-state index >= 15 is 4.39 Å². The highest BCUT2D eigenvalue weighted by atomic mass is 19.1. The van der Waals surface area contributed by atoms with Crippen molar-refractivity contribution >= 4 is 11.7 Å². The Labute approximate surface area is 198 Å². The Balaban J connectivity index is 1.81. The molecule has 0 radical (unpaired) electrons. The minimum absolute atomic E-state index is 0.0543. The van der Waals surface area contributed by atoms with Crippen LogP contribution in [0.25, 0.3) is 0 Å². The maximum atomic E-state index is 15.0. The second kappa shape index (κ2) is 10.7. The SMILES string of the molecule is Cc1c(F)cc(N(Cc2ccccc2)Cc2ccccc2)c(OCc2ccccc2)c1C(=O)O. The molecular formula is C29H26FNO3. The number of ether oxygens (including phenoxy) is 1. The van der Waals surface area contributed by atoms with Crippen LogP contribution >= 0.6 is 0 Å². The molecule has 0 heterocycles. The molecule has 1 N–H and O–H groups in total. The van der Waals surface area contributed by atoms with E-state index in [1.54, 1.807) is 0 Å². The molecule has 0 fully saturated rings. The minimum Gasteiger partial charge on any atom is -0.486 e. The van der Waals surface area contributed by atoms with E-state index in [4.69, 9.17) is 4.74 Å². The molecule has 0 aliphatic carbocycles. The highest BCUT2D eigenvalue weighted by Crippen LogP contribution is 2.38. The van der Waals surface area contributed by atoms with Gasteiger partial charge in [0.2, 0.25) is 0 Å². The molecule has 34 heavy (non-hydrogen) atoms. The normalized spacial score (nSPS) is 10.6. The molecule has 0 bridgehead atoms. The van der Waals surface area contributed by atoms with Gasteiger partial charge in [-0.2, -0.15) is 0 Å². The summed E-state index contributed by atoms with van der Waals surface area (Å²) in [6.45, 7) is 2.55. The predicted molar refractivity (Wildman–Crippen MR) is 132 cm³/mol. The van der Waals surface area contributed by atoms with Gasteiger partial charge in [0, 0.05) is 24.7 Å². The van der Waals surface area contributed by atoms with Crippen LogP contribution in [0.1, 0.15) is 32.6 Å². The summed E-state index contributed by atoms with van der Waals surface area (Å²) in [5, 5.41) is 9.99. The lowest BCUT2D eigenvalue weighted by atomic mass is 10.0. The van der Waals surface area contributed by atoms with Crippen molar-refractivity contribution in [3.05, 3.63) is 131 Å². The van der Waals surface area contributed by atoms with Crippen LogP contribution in [0, 0.1) is 12.7 Å². The molecule has 5 heteroatoms. The molecule has 4 aromatic rings. The van der Waals surface area contributed by atoms with Crippen LogP contribution < -0.4 is 9.64 Å². The van der Waals surface area contributed by atoms with Gasteiger partial charge >= 0.3 is 5.97 Å². The lowest BCUT2D eigenvalue weighted by Crippen LogP contribution is -2.24. The van der Waals surface area contributed by atoms with Gasteiger partial charge in [-0.05, 0) is 23.6 Å². The molecule has 4 aromatic carbocycles. The molecule has 0 aliphatic rings. The smallest absolute Gasteiger partial charge is 0.339 e. The second-order valence-corrected chi connectivity index (χ2v) is 8.11. The largest absolute Gasteiger partial charge is 0.486 e. The summed E-state index contributed by atoms with van der Waals surface area (Å²) in [7, 11) is 0. The highest BCUT2D eigenvalue weighted by molar-refractivity contribution is 5.95. The first kappa shape index (κ1) is 23.1. The van der Waals surface area contributed by atoms with Gasteiger partial charge in [-0.15, -0.1) is 0 Å². The van der Waals surface area contributed by atoms with Crippen LogP contribution in [-0.4, -0.2) is 11.1 Å². The zero-order valence-corrected chi connectivity index (χ0v) is 18.9. The maximum absolute atomic E-state index is 15.0. The fourth-order valence-corrected chi connectivity index (χ4v) is 3.91. The maximum Gasteiger partial charge on any atom is 0.339 e. The van der Waals surface area contributed by atoms with Gasteiger partial charge in [0.1, 0.15) is 18.0 Å². The number of aromatic carboxylic acids is 1. The summed E-state index contributed by atoms with van der Waals surface area (Å²) in [6.07, 6.45) is 0. The fraction of sp³-hybridized carbons (Fsp3) is 0.138. The van der Waals surface area contributed by atoms with Crippen LogP contribution in [0.4, 0.5) is 10.1 Å². The van der Waals surface area contributed by atoms with Gasteiger partial charge in [-0.1, -0.05) is 91.0 Å². The third-order valence-corrected chi connectivity index (χ3v) is 5.67. The lowest BCUT2D eigenvalue weighted by Gasteiger charge is -2.29. The predicted octanol–water partition coefficient (Wildman–Crippen LogP) is 6.62. The van der Waals surface area contributed by atoms with E-state index in [1.807, 2.05) is 95.9 Å². The Kier molecular flexibility index (Phi) is 7.23. The van der Waals surface area contributed by atoms with Gasteiger partial charge in [0.15, 0.2) is 5.75 Å². The van der Waals surface area contributed by atoms with Gasteiger partial charge in [0.05, 0.1) is 5.69 Å². The molecule has 0 unspecified atom stereocenters. The molecular weight excluding hydrogens is 429 g/mol. The number of carbonyl (C=O) groups is 1. The van der Waals surface area contributed by atoms with Crippen LogP contribution in [-0.2, 0) is 19.7 Å². The van der Waals surface area contributed by atoms with Gasteiger partial charge in [0.25, 0.3) is 0 Å². The van der Waals surface area contributed by atoms with E-state index in [1.165, 1.54) is 13.0 Å². The molecule has 4 rings (SSSR count). The van der Waals surface area contributed by atoms with E-state index in [-0.39, 0.29) is 23.5 Å². The van der Waals surface area contributed by atoms with Crippen molar-refractivity contribution in [2.75, 3.05) is 4.90 Å². The number of carboxylic acid groups (broad SMARTS) is 1. The molecule has 0 amide bonds. The van der Waals surface area contributed by atoms with E-state index in [0.29, 0.717) is 18.8 Å². The summed E-state index contributed by atoms with van der Waals surface area (Å²) in [5.41, 5.74) is 3.24. The summed E-state index contributed by atoms with van der Waals surface area (Å²) in [4.78, 5) is 14.2. The van der Waals surface area contributed by atoms with Crippen LogP contribution in [0.2, 0.25) is 0 Å². The molecule has 0 saturated carbocycles. The Hall–Kier alpha value is -4.12. The van der Waals surface area contributed by atoms with Crippen molar-refractivity contribution in [3.63, 3.8) is 0 Å². The van der Waals surface area contributed by atoms with Gasteiger partial charge in [-0.3, -0.25) is 0 Å². The number of carboxylic acids is 1. The Bertz CT molecular complexity index is 1200. The van der Waals surface area contributed by atoms with E-state index < -0.39 is 11.8 Å². The molecule has 0 aromatic heterocycles. The Morgan fingerprint density at radius 1 is 0.824 bits per heavy atom. The van der Waals surface area contributed by atoms with Crippen LogP contribution in [0.3, 0.4) is 0 Å². The van der Waals surface area contributed by atoms with Crippen molar-refractivity contribution in [2.24, 2.45) is 0 Å². The number of benzene rings is 4. The summed E-state index contributed by atoms with van der Waals surface area (Å²) < 4.78 is 21.2. The number of halogens is 1. The molecule has 0 atom stereocenters. The first-order valence-corrected chi connectivity index (χ1v) is 11.1. The fourth-order valence-electron chi connectivity index (χ4n) is 3.91. The number of hydrogen-bond acceptors (Lipinski definition) is 3. The first-order chi connectivity index (χ1) is 16.5. The van der Waals surface area contributed by atoms with Crippen molar-refractivity contribution < 1.29 is 19.0 Å². The van der Waals surface area contributed by atoms with E-state index in [2.05, 4.69) is 0 Å². The second-order valence-electron chi connectivity index (χ2n) is 8.11. The Morgan fingerprint density at radius 3 is 1.76 bits per heavy atom. The molecule has 0 spiro atoms. The monoisotopic (exact) mass is 455 g/mol. The third-order valence-electron chi connectivity index (χ3n) is 5.67. The van der Waals surface area contributed by atoms with Crippen molar-refractivity contribution in [2.45, 2.75) is 26.6 Å². The van der Waals surface area contributed by atoms with E-state index in [9.17, 15) is 9.90 Å². The first-order valence-electron chi connectivity index (χ1n) is 11.1. The number of nitrogens with zero attached hydrogens (tertiary/aromatic N) is 1. The standard InChI is InChI=1S/C29H26FNO3/c1-21-25(30)17-26(28(27(21)29(32)33)34-20-24-15-9-4-10-16-24)31(18-22-11-5-2-6-12-22)19-23-13-7-3-8-14-23/h2-17H,18-20H2,1H3,(H,32,33). The number of rotatable bonds is 9. The quantitative estimate of drug-likeness (QED) is 0.308. The van der Waals surface area contributed by atoms with E-state index in [0.717, 1.165) is 16.7 Å². The summed E-state index contributed by atoms with van der Waals surface area (Å²) >= 11 is 0. The summed E-state index contributed by atoms with van der Waals surface area (Å²) in [5.74, 6) is -1.63. The topological polar surface area (TPSA) is 49.8 Å². The average molecular weight is 456 g/mol. The zero-order chi connectivity index (χ0) is 23.9. The minimum atomic E-state index is -1.22. The average Bonchev–Trinajstić information content (AvgIpc) is 2.85. The summed E-state index contributed by atoms with van der Waals surface area (Å²) in [6, 6.07) is 30.5. The highest BCUT2D eigenvalue weighted by Gasteiger charge is 2.26. The Morgan fingerprint density at radius 2 is 1.29 bits per heavy atom. The molecule has 4 nitrogen and oxygen atoms in total. The van der Waals surface area contributed by atoms with Gasteiger partial charge in [-0.25, -0.2) is 9.18 Å². The van der Waals surface area contributed by atoms with Gasteiger partial charge < -0.3 is 14.7 Å². The molecule has 172 valence electrons. The lowest BCUT2D eigenvalue weighted by molar-refractivity contribution is 0.0690. The van der Waals surface area contributed by atoms with Crippen LogP contribution in [0.15, 0.2) is 97.1 Å².